The van der Waals surface area contributed by atoms with Crippen LogP contribution in [0.4, 0.5) is 10.1 Å². The first-order chi connectivity index (χ1) is 20.8. The molecule has 3 heterocycles. The Hall–Kier alpha value is -4.37. The second-order valence-electron chi connectivity index (χ2n) is 12.3. The molecule has 8 nitrogen and oxygen atoms in total. The molecule has 4 atom stereocenters. The maximum absolute atomic E-state index is 13.3. The zero-order valence-electron chi connectivity index (χ0n) is 23.7. The van der Waals surface area contributed by atoms with Crippen LogP contribution in [0.2, 0.25) is 0 Å². The van der Waals surface area contributed by atoms with Gasteiger partial charge in [-0.2, -0.15) is 0 Å². The first-order valence-corrected chi connectivity index (χ1v) is 15.0. The van der Waals surface area contributed by atoms with E-state index >= 15 is 0 Å². The number of hydrogen-bond donors (Lipinski definition) is 2. The van der Waals surface area contributed by atoms with Gasteiger partial charge in [0.1, 0.15) is 11.9 Å². The lowest BCUT2D eigenvalue weighted by Crippen LogP contribution is -2.54. The van der Waals surface area contributed by atoms with E-state index in [9.17, 15) is 23.6 Å². The van der Waals surface area contributed by atoms with Crippen molar-refractivity contribution in [3.8, 4) is 0 Å². The molecule has 1 saturated carbocycles. The highest BCUT2D eigenvalue weighted by Gasteiger charge is 2.45. The molecular weight excluding hydrogens is 547 g/mol. The second-order valence-corrected chi connectivity index (χ2v) is 12.3. The molecule has 220 valence electrons. The number of fused-ring (bicyclic) bond motifs is 2. The van der Waals surface area contributed by atoms with Gasteiger partial charge < -0.3 is 5.32 Å². The molecule has 2 N–H and O–H groups in total. The molecule has 4 aliphatic rings. The molecule has 3 aromatic carbocycles. The molecule has 1 aliphatic carbocycles. The van der Waals surface area contributed by atoms with E-state index in [1.54, 1.807) is 30.3 Å². The summed E-state index contributed by atoms with van der Waals surface area (Å²) in [5, 5.41) is 5.54. The summed E-state index contributed by atoms with van der Waals surface area (Å²) in [6.45, 7) is 3.55. The molecule has 9 heteroatoms. The number of halogens is 1. The summed E-state index contributed by atoms with van der Waals surface area (Å²) >= 11 is 0. The van der Waals surface area contributed by atoms with Gasteiger partial charge in [-0.25, -0.2) is 4.39 Å². The Labute approximate surface area is 249 Å². The Morgan fingerprint density at radius 1 is 0.837 bits per heavy atom. The maximum Gasteiger partial charge on any atom is 0.264 e. The minimum absolute atomic E-state index is 0.0851. The Balaban J connectivity index is 0.948. The highest BCUT2D eigenvalue weighted by atomic mass is 19.1. The van der Waals surface area contributed by atoms with E-state index in [0.29, 0.717) is 30.0 Å². The molecule has 3 aromatic rings. The summed E-state index contributed by atoms with van der Waals surface area (Å²) in [6, 6.07) is 19.5. The molecular formula is C34H33FN4O4. The van der Waals surface area contributed by atoms with Crippen LogP contribution >= 0.6 is 0 Å². The van der Waals surface area contributed by atoms with Gasteiger partial charge in [-0.3, -0.25) is 34.3 Å². The summed E-state index contributed by atoms with van der Waals surface area (Å²) < 4.78 is 13.3. The van der Waals surface area contributed by atoms with Crippen molar-refractivity contribution in [1.82, 2.24) is 15.1 Å². The first kappa shape index (κ1) is 27.5. The number of carbonyl (C=O) groups excluding carboxylic acids is 4. The maximum atomic E-state index is 13.3. The van der Waals surface area contributed by atoms with Crippen molar-refractivity contribution < 1.29 is 23.6 Å². The average Bonchev–Trinajstić information content (AvgIpc) is 3.64. The van der Waals surface area contributed by atoms with E-state index < -0.39 is 29.7 Å². The van der Waals surface area contributed by atoms with Crippen molar-refractivity contribution in [2.24, 2.45) is 11.8 Å². The van der Waals surface area contributed by atoms with Crippen molar-refractivity contribution in [2.45, 2.75) is 50.7 Å². The van der Waals surface area contributed by atoms with Crippen LogP contribution < -0.4 is 10.6 Å². The quantitative estimate of drug-likeness (QED) is 0.401. The Kier molecular flexibility index (Phi) is 7.05. The Morgan fingerprint density at radius 2 is 1.53 bits per heavy atom. The van der Waals surface area contributed by atoms with Gasteiger partial charge in [-0.15, -0.1) is 0 Å². The van der Waals surface area contributed by atoms with E-state index in [-0.39, 0.29) is 29.8 Å². The molecule has 3 fully saturated rings. The lowest BCUT2D eigenvalue weighted by atomic mass is 9.96. The first-order valence-electron chi connectivity index (χ1n) is 15.0. The van der Waals surface area contributed by atoms with E-state index in [1.165, 1.54) is 24.0 Å². The third-order valence-corrected chi connectivity index (χ3v) is 9.55. The van der Waals surface area contributed by atoms with Gasteiger partial charge >= 0.3 is 0 Å². The topological polar surface area (TPSA) is 98.8 Å². The van der Waals surface area contributed by atoms with Crippen molar-refractivity contribution >= 4 is 29.3 Å². The number of nitrogens with zero attached hydrogens (tertiary/aromatic N) is 2. The van der Waals surface area contributed by atoms with Crippen molar-refractivity contribution in [2.75, 3.05) is 18.4 Å². The number of amides is 4. The highest BCUT2D eigenvalue weighted by molar-refractivity contribution is 6.25. The lowest BCUT2D eigenvalue weighted by molar-refractivity contribution is -0.136. The van der Waals surface area contributed by atoms with Crippen molar-refractivity contribution in [3.63, 3.8) is 0 Å². The van der Waals surface area contributed by atoms with Gasteiger partial charge in [-0.1, -0.05) is 42.5 Å². The van der Waals surface area contributed by atoms with Crippen LogP contribution in [0.25, 0.3) is 0 Å². The van der Waals surface area contributed by atoms with Gasteiger partial charge in [0.05, 0.1) is 11.1 Å². The van der Waals surface area contributed by atoms with Crippen LogP contribution in [-0.2, 0) is 22.7 Å². The molecule has 4 amide bonds. The summed E-state index contributed by atoms with van der Waals surface area (Å²) in [5.41, 5.74) is 4.61. The number of piperidine rings is 1. The van der Waals surface area contributed by atoms with Gasteiger partial charge in [0.2, 0.25) is 11.8 Å². The van der Waals surface area contributed by atoms with Crippen LogP contribution in [0.5, 0.6) is 0 Å². The van der Waals surface area contributed by atoms with E-state index in [1.807, 2.05) is 12.1 Å². The zero-order chi connectivity index (χ0) is 29.7. The van der Waals surface area contributed by atoms with Gasteiger partial charge in [-0.05, 0) is 78.0 Å². The van der Waals surface area contributed by atoms with Crippen molar-refractivity contribution in [3.05, 3.63) is 100 Å². The second kappa shape index (κ2) is 11.0. The number of anilines is 1. The van der Waals surface area contributed by atoms with Crippen LogP contribution in [0.3, 0.4) is 0 Å². The van der Waals surface area contributed by atoms with Gasteiger partial charge in [0.25, 0.3) is 11.8 Å². The number of nitrogens with one attached hydrogen (secondary N) is 2. The predicted octanol–water partition coefficient (Wildman–Crippen LogP) is 4.46. The summed E-state index contributed by atoms with van der Waals surface area (Å²) in [6.07, 6.45) is 2.54. The fourth-order valence-corrected chi connectivity index (χ4v) is 7.41. The molecule has 0 bridgehead atoms. The number of carbonyl (C=O) groups is 4. The molecule has 2 unspecified atom stereocenters. The van der Waals surface area contributed by atoms with Crippen LogP contribution in [0.15, 0.2) is 66.7 Å². The van der Waals surface area contributed by atoms with Crippen LogP contribution in [0.1, 0.15) is 69.0 Å². The van der Waals surface area contributed by atoms with Crippen LogP contribution in [-0.4, -0.2) is 52.6 Å². The molecule has 0 radical (unpaired) electrons. The minimum atomic E-state index is -0.989. The molecule has 43 heavy (non-hydrogen) atoms. The highest BCUT2D eigenvalue weighted by Crippen LogP contribution is 2.46. The third kappa shape index (κ3) is 5.22. The number of hydrogen-bond acceptors (Lipinski definition) is 6. The van der Waals surface area contributed by atoms with E-state index in [0.717, 1.165) is 30.1 Å². The standard InChI is InChI=1S/C34H33FN4O4/c35-26-10-8-22(9-11-26)23-14-24-18-38(19-25(24)15-23)17-21-6-4-20(5-7-21)16-36-28-3-1-2-27-31(28)34(43)39(33(27)42)29-12-13-30(40)37-32(29)41/h1-11,23-25,29,36H,12-19H2,(H,37,40,41)/t23?,24-,25+,29?. The van der Waals surface area contributed by atoms with E-state index in [4.69, 9.17) is 0 Å². The molecule has 3 aliphatic heterocycles. The fourth-order valence-electron chi connectivity index (χ4n) is 7.41. The normalized spacial score (nSPS) is 25.2. The number of benzene rings is 3. The summed E-state index contributed by atoms with van der Waals surface area (Å²) in [4.78, 5) is 53.9. The largest absolute Gasteiger partial charge is 0.380 e. The summed E-state index contributed by atoms with van der Waals surface area (Å²) in [7, 11) is 0. The van der Waals surface area contributed by atoms with E-state index in [2.05, 4.69) is 39.8 Å². The number of rotatable bonds is 7. The zero-order valence-corrected chi connectivity index (χ0v) is 23.7. The average molecular weight is 581 g/mol. The van der Waals surface area contributed by atoms with Crippen LogP contribution in [0, 0.1) is 17.7 Å². The van der Waals surface area contributed by atoms with Crippen molar-refractivity contribution in [1.29, 1.82) is 0 Å². The smallest absolute Gasteiger partial charge is 0.264 e. The SMILES string of the molecule is O=C1CCC(N2C(=O)c3cccc(NCc4ccc(CN5C[C@H]6CC(c7ccc(F)cc7)C[C@H]6C5)cc4)c3C2=O)C(=O)N1. The molecule has 0 spiro atoms. The number of imide groups is 2. The Bertz CT molecular complexity index is 1590. The minimum Gasteiger partial charge on any atom is -0.380 e. The number of likely N-dealkylation sites (tertiary alicyclic amines) is 1. The fraction of sp³-hybridized carbons (Fsp3) is 0.353. The van der Waals surface area contributed by atoms with Gasteiger partial charge in [0, 0.05) is 38.3 Å². The third-order valence-electron chi connectivity index (χ3n) is 9.55. The summed E-state index contributed by atoms with van der Waals surface area (Å²) in [5.74, 6) is -0.324. The lowest BCUT2D eigenvalue weighted by Gasteiger charge is -2.27. The van der Waals surface area contributed by atoms with Gasteiger partial charge in [0.15, 0.2) is 0 Å². The molecule has 0 aromatic heterocycles. The molecule has 2 saturated heterocycles. The monoisotopic (exact) mass is 580 g/mol. The predicted molar refractivity (Wildman–Crippen MR) is 158 cm³/mol. The Morgan fingerprint density at radius 3 is 2.23 bits per heavy atom. The molecule has 7 rings (SSSR count).